The van der Waals surface area contributed by atoms with E-state index in [4.69, 9.17) is 0 Å². The van der Waals surface area contributed by atoms with Crippen molar-refractivity contribution in [2.24, 2.45) is 0 Å². The smallest absolute Gasteiger partial charge is 0.0364 e. The van der Waals surface area contributed by atoms with Crippen molar-refractivity contribution in [2.45, 2.75) is 17.9 Å². The van der Waals surface area contributed by atoms with Crippen LogP contribution in [0, 0.1) is 0 Å². The topological polar surface area (TPSA) is 3.01 Å². The molecule has 1 nitrogen and oxygen atoms in total. The first-order valence-corrected chi connectivity index (χ1v) is 8.94. The molecule has 2 atom stereocenters. The van der Waals surface area contributed by atoms with Crippen LogP contribution in [0.15, 0.2) is 73.3 Å². The third-order valence-electron chi connectivity index (χ3n) is 4.62. The van der Waals surface area contributed by atoms with Crippen LogP contribution in [-0.4, -0.2) is 29.4 Å². The second kappa shape index (κ2) is 6.80. The van der Waals surface area contributed by atoms with Gasteiger partial charge in [0.1, 0.15) is 0 Å². The van der Waals surface area contributed by atoms with E-state index >= 15 is 0 Å². The Labute approximate surface area is 141 Å². The summed E-state index contributed by atoms with van der Waals surface area (Å²) >= 11 is 3.61. The number of allylic oxidation sites excluding steroid dienone is 1. The summed E-state index contributed by atoms with van der Waals surface area (Å²) in [6, 6.07) is 22.4. The highest BCUT2D eigenvalue weighted by Gasteiger charge is 2.42. The highest BCUT2D eigenvalue weighted by molar-refractivity contribution is 9.09. The Morgan fingerprint density at radius 2 is 1.59 bits per heavy atom. The first-order valence-electron chi connectivity index (χ1n) is 7.82. The van der Waals surface area contributed by atoms with Crippen molar-refractivity contribution in [3.8, 4) is 0 Å². The maximum absolute atomic E-state index is 4.04. The SMILES string of the molecule is C=CCC(CN1CC1CBr)(c1ccccc1)c1ccccc1. The Morgan fingerprint density at radius 1 is 1.05 bits per heavy atom. The van der Waals surface area contributed by atoms with E-state index in [1.807, 2.05) is 0 Å². The average molecular weight is 356 g/mol. The zero-order valence-corrected chi connectivity index (χ0v) is 14.4. The van der Waals surface area contributed by atoms with Crippen molar-refractivity contribution >= 4 is 15.9 Å². The fourth-order valence-electron chi connectivity index (χ4n) is 3.32. The van der Waals surface area contributed by atoms with Crippen molar-refractivity contribution in [1.29, 1.82) is 0 Å². The molecule has 3 rings (SSSR count). The van der Waals surface area contributed by atoms with Crippen LogP contribution in [0.2, 0.25) is 0 Å². The molecule has 0 spiro atoms. The zero-order valence-electron chi connectivity index (χ0n) is 12.8. The van der Waals surface area contributed by atoms with Crippen LogP contribution in [0.4, 0.5) is 0 Å². The van der Waals surface area contributed by atoms with E-state index in [1.54, 1.807) is 0 Å². The predicted octanol–water partition coefficient (Wildman–Crippen LogP) is 4.63. The lowest BCUT2D eigenvalue weighted by atomic mass is 9.72. The quantitative estimate of drug-likeness (QED) is 0.397. The molecule has 1 fully saturated rings. The summed E-state index contributed by atoms with van der Waals surface area (Å²) in [4.78, 5) is 2.55. The lowest BCUT2D eigenvalue weighted by Gasteiger charge is -2.35. The van der Waals surface area contributed by atoms with E-state index in [9.17, 15) is 0 Å². The highest BCUT2D eigenvalue weighted by Crippen LogP contribution is 2.39. The van der Waals surface area contributed by atoms with Crippen LogP contribution >= 0.6 is 15.9 Å². The van der Waals surface area contributed by atoms with Gasteiger partial charge in [0.2, 0.25) is 0 Å². The minimum Gasteiger partial charge on any atom is -0.295 e. The van der Waals surface area contributed by atoms with Gasteiger partial charge in [-0.25, -0.2) is 0 Å². The maximum atomic E-state index is 4.04. The summed E-state index contributed by atoms with van der Waals surface area (Å²) < 4.78 is 0. The number of halogens is 1. The molecule has 0 aromatic heterocycles. The van der Waals surface area contributed by atoms with Crippen molar-refractivity contribution in [3.63, 3.8) is 0 Å². The van der Waals surface area contributed by atoms with Gasteiger partial charge in [-0.2, -0.15) is 0 Å². The Hall–Kier alpha value is -1.38. The third kappa shape index (κ3) is 3.04. The Bertz CT molecular complexity index is 569. The Morgan fingerprint density at radius 3 is 2.00 bits per heavy atom. The maximum Gasteiger partial charge on any atom is 0.0364 e. The van der Waals surface area contributed by atoms with Crippen molar-refractivity contribution in [1.82, 2.24) is 4.90 Å². The van der Waals surface area contributed by atoms with Gasteiger partial charge < -0.3 is 0 Å². The van der Waals surface area contributed by atoms with Crippen molar-refractivity contribution < 1.29 is 0 Å². The number of nitrogens with zero attached hydrogens (tertiary/aromatic N) is 1. The van der Waals surface area contributed by atoms with Gasteiger partial charge in [-0.3, -0.25) is 4.90 Å². The molecule has 1 saturated heterocycles. The molecule has 1 aliphatic rings. The summed E-state index contributed by atoms with van der Waals surface area (Å²) in [5, 5.41) is 1.06. The predicted molar refractivity (Wildman–Crippen MR) is 97.6 cm³/mol. The highest BCUT2D eigenvalue weighted by atomic mass is 79.9. The first kappa shape index (κ1) is 15.5. The molecule has 0 bridgehead atoms. The lowest BCUT2D eigenvalue weighted by molar-refractivity contribution is 0.382. The molecule has 0 radical (unpaired) electrons. The van der Waals surface area contributed by atoms with Gasteiger partial charge >= 0.3 is 0 Å². The van der Waals surface area contributed by atoms with Gasteiger partial charge in [0.25, 0.3) is 0 Å². The molecule has 2 aromatic carbocycles. The summed E-state index contributed by atoms with van der Waals surface area (Å²) in [6.07, 6.45) is 3.01. The van der Waals surface area contributed by atoms with Gasteiger partial charge in [-0.1, -0.05) is 82.7 Å². The summed E-state index contributed by atoms with van der Waals surface area (Å²) in [5.74, 6) is 0. The molecule has 2 unspecified atom stereocenters. The standard InChI is InChI=1S/C20H22BrN/c1-2-13-20(16-22-15-19(22)14-21,17-9-5-3-6-10-17)18-11-7-4-8-12-18/h2-12,19H,1,13-16H2. The van der Waals surface area contributed by atoms with Crippen LogP contribution in [0.25, 0.3) is 0 Å². The lowest BCUT2D eigenvalue weighted by Crippen LogP contribution is -2.36. The zero-order chi connectivity index (χ0) is 15.4. The number of hydrogen-bond acceptors (Lipinski definition) is 1. The van der Waals surface area contributed by atoms with E-state index in [0.29, 0.717) is 6.04 Å². The van der Waals surface area contributed by atoms with E-state index in [1.165, 1.54) is 17.7 Å². The van der Waals surface area contributed by atoms with Crippen LogP contribution < -0.4 is 0 Å². The number of hydrogen-bond donors (Lipinski definition) is 0. The molecule has 2 heteroatoms. The van der Waals surface area contributed by atoms with Gasteiger partial charge in [-0.15, -0.1) is 6.58 Å². The minimum atomic E-state index is -0.0127. The summed E-state index contributed by atoms with van der Waals surface area (Å²) in [5.41, 5.74) is 2.74. The molecule has 22 heavy (non-hydrogen) atoms. The Balaban J connectivity index is 2.04. The molecule has 2 aromatic rings. The second-order valence-electron chi connectivity index (χ2n) is 6.04. The van der Waals surface area contributed by atoms with Crippen LogP contribution in [0.1, 0.15) is 17.5 Å². The molecule has 114 valence electrons. The minimum absolute atomic E-state index is 0.0127. The van der Waals surface area contributed by atoms with E-state index in [2.05, 4.69) is 94.1 Å². The van der Waals surface area contributed by atoms with Crippen molar-refractivity contribution in [2.75, 3.05) is 18.4 Å². The van der Waals surface area contributed by atoms with Gasteiger partial charge in [0.05, 0.1) is 0 Å². The summed E-state index contributed by atoms with van der Waals surface area (Å²) in [7, 11) is 0. The third-order valence-corrected chi connectivity index (χ3v) is 5.37. The molecular weight excluding hydrogens is 334 g/mol. The van der Waals surface area contributed by atoms with E-state index < -0.39 is 0 Å². The first-order chi connectivity index (χ1) is 10.8. The van der Waals surface area contributed by atoms with Gasteiger partial charge in [0.15, 0.2) is 0 Å². The molecule has 1 aliphatic heterocycles. The largest absolute Gasteiger partial charge is 0.295 e. The fraction of sp³-hybridized carbons (Fsp3) is 0.300. The average Bonchev–Trinajstić information content (AvgIpc) is 3.34. The van der Waals surface area contributed by atoms with E-state index in [0.717, 1.165) is 18.3 Å². The van der Waals surface area contributed by atoms with Gasteiger partial charge in [0, 0.05) is 29.9 Å². The number of benzene rings is 2. The molecule has 0 amide bonds. The normalized spacial score (nSPS) is 20.6. The van der Waals surface area contributed by atoms with Crippen LogP contribution in [0.5, 0.6) is 0 Å². The molecule has 0 aliphatic carbocycles. The second-order valence-corrected chi connectivity index (χ2v) is 6.69. The fourth-order valence-corrected chi connectivity index (χ4v) is 3.93. The molecule has 0 N–H and O–H groups in total. The molecule has 0 saturated carbocycles. The monoisotopic (exact) mass is 355 g/mol. The Kier molecular flexibility index (Phi) is 4.80. The van der Waals surface area contributed by atoms with Crippen molar-refractivity contribution in [3.05, 3.63) is 84.4 Å². The van der Waals surface area contributed by atoms with Gasteiger partial charge in [-0.05, 0) is 17.5 Å². The summed E-state index contributed by atoms with van der Waals surface area (Å²) in [6.45, 7) is 6.26. The molecule has 1 heterocycles. The number of rotatable bonds is 7. The van der Waals surface area contributed by atoms with Crippen LogP contribution in [-0.2, 0) is 5.41 Å². The molecular formula is C20H22BrN. The van der Waals surface area contributed by atoms with Crippen LogP contribution in [0.3, 0.4) is 0 Å². The number of alkyl halides is 1. The van der Waals surface area contributed by atoms with E-state index in [-0.39, 0.29) is 5.41 Å².